The van der Waals surface area contributed by atoms with Crippen LogP contribution in [0, 0.1) is 42.9 Å². The van der Waals surface area contributed by atoms with Gasteiger partial charge in [0.15, 0.2) is 0 Å². The molecule has 2 aliphatic heterocycles. The number of rotatable bonds is 3. The lowest BCUT2D eigenvalue weighted by Crippen LogP contribution is -2.49. The molecule has 42 heavy (non-hydrogen) atoms. The fourth-order valence-corrected chi connectivity index (χ4v) is 8.21. The molecule has 0 aromatic heterocycles. The maximum atomic E-state index is 14.4. The topological polar surface area (TPSA) is 95.0 Å². The Morgan fingerprint density at radius 3 is 1.93 bits per heavy atom. The van der Waals surface area contributed by atoms with Crippen LogP contribution in [-0.2, 0) is 19.2 Å². The summed E-state index contributed by atoms with van der Waals surface area (Å²) in [6.07, 6.45) is 2.76. The molecule has 3 aromatic rings. The number of amides is 4. The number of aromatic hydroxyl groups is 1. The minimum atomic E-state index is -1.11. The number of carbonyl (C=O) groups is 4. The Hall–Kier alpha value is -4.52. The van der Waals surface area contributed by atoms with Crippen molar-refractivity contribution in [3.63, 3.8) is 0 Å². The summed E-state index contributed by atoms with van der Waals surface area (Å²) < 4.78 is 0. The number of phenolic OH excluding ortho intramolecular Hbond substituents is 1. The minimum Gasteiger partial charge on any atom is -0.507 e. The molecule has 0 bridgehead atoms. The SMILES string of the molecule is Cc1cc([C@H]2C3=CC[C@@H]4C(=O)N(c5ccccc5)C(=O)[C@@H]4[C@@H]3C[C@H]3C(=O)N(c4ccccc4)C(=O)[C@@]23C)cc(C)c1O. The predicted molar refractivity (Wildman–Crippen MR) is 158 cm³/mol. The van der Waals surface area contributed by atoms with Crippen LogP contribution >= 0.6 is 0 Å². The van der Waals surface area contributed by atoms with Crippen LogP contribution < -0.4 is 9.80 Å². The number of aryl methyl sites for hydroxylation is 2. The number of imide groups is 2. The molecule has 7 rings (SSSR count). The minimum absolute atomic E-state index is 0.195. The first kappa shape index (κ1) is 26.4. The van der Waals surface area contributed by atoms with Crippen molar-refractivity contribution in [3.8, 4) is 5.75 Å². The average Bonchev–Trinajstić information content (AvgIpc) is 3.36. The second-order valence-corrected chi connectivity index (χ2v) is 12.3. The molecule has 1 N–H and O–H groups in total. The maximum absolute atomic E-state index is 14.4. The van der Waals surface area contributed by atoms with E-state index < -0.39 is 29.1 Å². The van der Waals surface area contributed by atoms with Gasteiger partial charge in [0.25, 0.3) is 0 Å². The highest BCUT2D eigenvalue weighted by atomic mass is 16.3. The fourth-order valence-electron chi connectivity index (χ4n) is 8.21. The van der Waals surface area contributed by atoms with Gasteiger partial charge < -0.3 is 5.11 Å². The molecule has 6 atom stereocenters. The van der Waals surface area contributed by atoms with E-state index in [1.165, 1.54) is 9.80 Å². The standard InChI is InChI=1S/C35H32N2O5/c1-19-16-21(17-20(2)30(19)38)29-24-14-15-25-28(33(41)36(31(25)39)22-10-6-4-7-11-22)26(24)18-27-32(40)37(34(42)35(27,29)3)23-12-8-5-9-13-23/h4-14,16-17,25-29,38H,15,18H2,1-3H3/t25-,26+,27-,28-,29-,35+/m0/s1. The Balaban J connectivity index is 1.39. The Labute approximate surface area is 244 Å². The molecule has 4 aliphatic rings. The monoisotopic (exact) mass is 560 g/mol. The van der Waals surface area contributed by atoms with Crippen LogP contribution in [-0.4, -0.2) is 28.7 Å². The molecule has 7 heteroatoms. The van der Waals surface area contributed by atoms with E-state index in [0.29, 0.717) is 35.3 Å². The van der Waals surface area contributed by atoms with Gasteiger partial charge in [0.05, 0.1) is 34.5 Å². The van der Waals surface area contributed by atoms with Crippen molar-refractivity contribution in [2.45, 2.75) is 39.5 Å². The number of benzene rings is 3. The largest absolute Gasteiger partial charge is 0.507 e. The van der Waals surface area contributed by atoms with Gasteiger partial charge in [-0.25, -0.2) is 4.90 Å². The van der Waals surface area contributed by atoms with E-state index in [1.54, 1.807) is 48.5 Å². The third-order valence-corrected chi connectivity index (χ3v) is 10.2. The summed E-state index contributed by atoms with van der Waals surface area (Å²) in [6.45, 7) is 5.53. The lowest BCUT2D eigenvalue weighted by molar-refractivity contribution is -0.131. The fraction of sp³-hybridized carbons (Fsp3) is 0.314. The first-order valence-corrected chi connectivity index (χ1v) is 14.5. The van der Waals surface area contributed by atoms with Crippen LogP contribution in [0.1, 0.15) is 42.4 Å². The highest BCUT2D eigenvalue weighted by Gasteiger charge is 2.67. The number of allylic oxidation sites excluding steroid dienone is 2. The molecule has 4 amide bonds. The highest BCUT2D eigenvalue weighted by molar-refractivity contribution is 6.25. The lowest BCUT2D eigenvalue weighted by atomic mass is 9.51. The number of carbonyl (C=O) groups excluding carboxylic acids is 4. The van der Waals surface area contributed by atoms with Crippen molar-refractivity contribution in [3.05, 3.63) is 101 Å². The molecule has 2 aliphatic carbocycles. The van der Waals surface area contributed by atoms with Gasteiger partial charge in [-0.05, 0) is 80.5 Å². The van der Waals surface area contributed by atoms with Gasteiger partial charge >= 0.3 is 0 Å². The summed E-state index contributed by atoms with van der Waals surface area (Å²) in [5, 5.41) is 10.6. The molecule has 2 saturated heterocycles. The van der Waals surface area contributed by atoms with E-state index in [9.17, 15) is 24.3 Å². The van der Waals surface area contributed by atoms with E-state index in [1.807, 2.05) is 45.0 Å². The predicted octanol–water partition coefficient (Wildman–Crippen LogP) is 5.44. The zero-order valence-electron chi connectivity index (χ0n) is 23.8. The van der Waals surface area contributed by atoms with Crippen LogP contribution in [0.25, 0.3) is 0 Å². The second-order valence-electron chi connectivity index (χ2n) is 12.3. The van der Waals surface area contributed by atoms with Crippen LogP contribution in [0.15, 0.2) is 84.4 Å². The summed E-state index contributed by atoms with van der Waals surface area (Å²) in [5.74, 6) is -3.49. The average molecular weight is 561 g/mol. The smallest absolute Gasteiger partial charge is 0.241 e. The van der Waals surface area contributed by atoms with Gasteiger partial charge in [0.1, 0.15) is 5.75 Å². The maximum Gasteiger partial charge on any atom is 0.241 e. The Kier molecular flexibility index (Phi) is 5.81. The van der Waals surface area contributed by atoms with Gasteiger partial charge in [-0.3, -0.25) is 24.1 Å². The van der Waals surface area contributed by atoms with Crippen LogP contribution in [0.5, 0.6) is 5.75 Å². The first-order valence-electron chi connectivity index (χ1n) is 14.5. The van der Waals surface area contributed by atoms with Crippen molar-refractivity contribution >= 4 is 35.0 Å². The Morgan fingerprint density at radius 1 is 0.762 bits per heavy atom. The van der Waals surface area contributed by atoms with Crippen molar-refractivity contribution in [2.75, 3.05) is 9.80 Å². The highest BCUT2D eigenvalue weighted by Crippen LogP contribution is 2.64. The number of hydrogen-bond acceptors (Lipinski definition) is 5. The molecule has 0 radical (unpaired) electrons. The van der Waals surface area contributed by atoms with E-state index in [0.717, 1.165) is 11.1 Å². The molecule has 1 saturated carbocycles. The van der Waals surface area contributed by atoms with Crippen LogP contribution in [0.4, 0.5) is 11.4 Å². The number of anilines is 2. The van der Waals surface area contributed by atoms with Crippen molar-refractivity contribution in [2.24, 2.45) is 29.1 Å². The molecular formula is C35H32N2O5. The summed E-state index contributed by atoms with van der Waals surface area (Å²) >= 11 is 0. The zero-order valence-corrected chi connectivity index (χ0v) is 23.8. The molecular weight excluding hydrogens is 528 g/mol. The molecule has 3 aromatic carbocycles. The molecule has 0 spiro atoms. The molecule has 7 nitrogen and oxygen atoms in total. The van der Waals surface area contributed by atoms with Gasteiger partial charge in [0, 0.05) is 5.92 Å². The van der Waals surface area contributed by atoms with Gasteiger partial charge in [-0.15, -0.1) is 0 Å². The summed E-state index contributed by atoms with van der Waals surface area (Å²) in [5.41, 5.74) is 3.10. The van der Waals surface area contributed by atoms with Gasteiger partial charge in [-0.1, -0.05) is 60.2 Å². The number of para-hydroxylation sites is 2. The number of nitrogens with zero attached hydrogens (tertiary/aromatic N) is 2. The number of fused-ring (bicyclic) bond motifs is 4. The third kappa shape index (κ3) is 3.46. The Morgan fingerprint density at radius 2 is 1.33 bits per heavy atom. The lowest BCUT2D eigenvalue weighted by Gasteiger charge is -2.49. The molecule has 3 fully saturated rings. The van der Waals surface area contributed by atoms with E-state index in [4.69, 9.17) is 0 Å². The van der Waals surface area contributed by atoms with E-state index in [2.05, 4.69) is 6.08 Å². The van der Waals surface area contributed by atoms with Crippen molar-refractivity contribution in [1.82, 2.24) is 0 Å². The van der Waals surface area contributed by atoms with E-state index in [-0.39, 0.29) is 35.3 Å². The third-order valence-electron chi connectivity index (χ3n) is 10.2. The van der Waals surface area contributed by atoms with E-state index >= 15 is 0 Å². The van der Waals surface area contributed by atoms with Crippen molar-refractivity contribution in [1.29, 1.82) is 0 Å². The molecule has 2 heterocycles. The van der Waals surface area contributed by atoms with Crippen LogP contribution in [0.3, 0.4) is 0 Å². The number of phenols is 1. The first-order chi connectivity index (χ1) is 20.1. The Bertz CT molecular complexity index is 1670. The molecule has 0 unspecified atom stereocenters. The van der Waals surface area contributed by atoms with Gasteiger partial charge in [-0.2, -0.15) is 0 Å². The van der Waals surface area contributed by atoms with Gasteiger partial charge in [0.2, 0.25) is 23.6 Å². The normalized spacial score (nSPS) is 30.3. The quantitative estimate of drug-likeness (QED) is 0.340. The van der Waals surface area contributed by atoms with Crippen LogP contribution in [0.2, 0.25) is 0 Å². The summed E-state index contributed by atoms with van der Waals surface area (Å²) in [7, 11) is 0. The summed E-state index contributed by atoms with van der Waals surface area (Å²) in [6, 6.07) is 21.8. The number of hydrogen-bond donors (Lipinski definition) is 1. The summed E-state index contributed by atoms with van der Waals surface area (Å²) in [4.78, 5) is 59.0. The second kappa shape index (κ2) is 9.24. The molecule has 212 valence electrons. The van der Waals surface area contributed by atoms with Crippen molar-refractivity contribution < 1.29 is 24.3 Å². The zero-order chi connectivity index (χ0) is 29.5.